The van der Waals surface area contributed by atoms with E-state index >= 15 is 0 Å². The average Bonchev–Trinajstić information content (AvgIpc) is 3.16. The molecule has 0 bridgehead atoms. The molecule has 1 N–H and O–H groups in total. The van der Waals surface area contributed by atoms with Crippen molar-refractivity contribution >= 4 is 11.8 Å². The summed E-state index contributed by atoms with van der Waals surface area (Å²) in [4.78, 5) is 32.0. The Kier molecular flexibility index (Phi) is 6.48. The van der Waals surface area contributed by atoms with Gasteiger partial charge in [-0.1, -0.05) is 32.9 Å². The smallest absolute Gasteiger partial charge is 0.227 e. The molecule has 162 valence electrons. The van der Waals surface area contributed by atoms with Gasteiger partial charge in [0.15, 0.2) is 0 Å². The normalized spacial score (nSPS) is 16.2. The van der Waals surface area contributed by atoms with Gasteiger partial charge in [-0.3, -0.25) is 9.59 Å². The lowest BCUT2D eigenvalue weighted by Crippen LogP contribution is -2.47. The van der Waals surface area contributed by atoms with E-state index in [1.165, 1.54) is 0 Å². The van der Waals surface area contributed by atoms with Gasteiger partial charge in [-0.25, -0.2) is 4.98 Å². The van der Waals surface area contributed by atoms with Gasteiger partial charge in [0.1, 0.15) is 17.6 Å². The third kappa shape index (κ3) is 4.83. The fourth-order valence-electron chi connectivity index (χ4n) is 3.83. The molecule has 30 heavy (non-hydrogen) atoms. The van der Waals surface area contributed by atoms with Crippen molar-refractivity contribution in [3.8, 4) is 5.75 Å². The molecule has 1 unspecified atom stereocenters. The van der Waals surface area contributed by atoms with E-state index in [9.17, 15) is 9.59 Å². The Bertz CT molecular complexity index is 875. The van der Waals surface area contributed by atoms with Crippen molar-refractivity contribution in [3.05, 3.63) is 48.0 Å². The number of benzene rings is 1. The minimum absolute atomic E-state index is 0.00155. The van der Waals surface area contributed by atoms with E-state index in [1.807, 2.05) is 67.7 Å². The standard InChI is InChI=1S/C23H32N4O3/c1-23(2,3)22(29)27-13-10-17(11-14-27)21(28)25-19(20-24-12-15-26(20)4)16-6-8-18(30-5)9-7-16/h6-9,12,15,17,19H,10-11,13-14H2,1-5H3,(H,25,28). The largest absolute Gasteiger partial charge is 0.497 e. The highest BCUT2D eigenvalue weighted by atomic mass is 16.5. The monoisotopic (exact) mass is 412 g/mol. The van der Waals surface area contributed by atoms with E-state index in [1.54, 1.807) is 13.3 Å². The zero-order valence-corrected chi connectivity index (χ0v) is 18.5. The highest BCUT2D eigenvalue weighted by Gasteiger charge is 2.33. The number of amides is 2. The third-order valence-electron chi connectivity index (χ3n) is 5.65. The first-order valence-electron chi connectivity index (χ1n) is 10.4. The second kappa shape index (κ2) is 8.90. The summed E-state index contributed by atoms with van der Waals surface area (Å²) in [5.41, 5.74) is 0.547. The summed E-state index contributed by atoms with van der Waals surface area (Å²) >= 11 is 0. The number of carbonyl (C=O) groups excluding carboxylic acids is 2. The van der Waals surface area contributed by atoms with Crippen LogP contribution in [0.1, 0.15) is 51.0 Å². The molecular weight excluding hydrogens is 380 g/mol. The lowest BCUT2D eigenvalue weighted by atomic mass is 9.90. The number of piperidine rings is 1. The molecule has 7 heteroatoms. The molecular formula is C23H32N4O3. The molecule has 0 spiro atoms. The van der Waals surface area contributed by atoms with Crippen LogP contribution in [0.4, 0.5) is 0 Å². The van der Waals surface area contributed by atoms with Gasteiger partial charge >= 0.3 is 0 Å². The molecule has 0 saturated carbocycles. The lowest BCUT2D eigenvalue weighted by molar-refractivity contribution is -0.142. The van der Waals surface area contributed by atoms with Crippen LogP contribution in [-0.2, 0) is 16.6 Å². The minimum Gasteiger partial charge on any atom is -0.497 e. The molecule has 0 aliphatic carbocycles. The van der Waals surface area contributed by atoms with Crippen LogP contribution in [-0.4, -0.2) is 46.5 Å². The van der Waals surface area contributed by atoms with Crippen molar-refractivity contribution in [2.45, 2.75) is 39.7 Å². The van der Waals surface area contributed by atoms with Crippen molar-refractivity contribution in [2.75, 3.05) is 20.2 Å². The second-order valence-corrected chi connectivity index (χ2v) is 8.93. The van der Waals surface area contributed by atoms with Crippen LogP contribution < -0.4 is 10.1 Å². The summed E-state index contributed by atoms with van der Waals surface area (Å²) in [7, 11) is 3.55. The van der Waals surface area contributed by atoms with Crippen LogP contribution >= 0.6 is 0 Å². The van der Waals surface area contributed by atoms with E-state index in [2.05, 4.69) is 10.3 Å². The van der Waals surface area contributed by atoms with E-state index < -0.39 is 5.41 Å². The predicted octanol–water partition coefficient (Wildman–Crippen LogP) is 2.92. The Morgan fingerprint density at radius 2 is 1.80 bits per heavy atom. The first-order valence-corrected chi connectivity index (χ1v) is 10.4. The SMILES string of the molecule is COc1ccc(C(NC(=O)C2CCN(C(=O)C(C)(C)C)CC2)c2nccn2C)cc1. The van der Waals surface area contributed by atoms with E-state index in [-0.39, 0.29) is 23.8 Å². The fourth-order valence-corrected chi connectivity index (χ4v) is 3.83. The van der Waals surface area contributed by atoms with Gasteiger partial charge in [0.2, 0.25) is 11.8 Å². The number of hydrogen-bond acceptors (Lipinski definition) is 4. The van der Waals surface area contributed by atoms with E-state index in [4.69, 9.17) is 4.74 Å². The molecule has 1 aromatic heterocycles. The molecule has 1 atom stereocenters. The van der Waals surface area contributed by atoms with Crippen LogP contribution in [0.5, 0.6) is 5.75 Å². The van der Waals surface area contributed by atoms with Crippen molar-refractivity contribution in [3.63, 3.8) is 0 Å². The zero-order chi connectivity index (χ0) is 21.9. The number of imidazole rings is 1. The average molecular weight is 413 g/mol. The summed E-state index contributed by atoms with van der Waals surface area (Å²) in [5, 5.41) is 3.19. The molecule has 7 nitrogen and oxygen atoms in total. The molecule has 1 aromatic carbocycles. The summed E-state index contributed by atoms with van der Waals surface area (Å²) in [6, 6.07) is 7.31. The van der Waals surface area contributed by atoms with Crippen molar-refractivity contribution in [1.29, 1.82) is 0 Å². The Morgan fingerprint density at radius 3 is 2.30 bits per heavy atom. The predicted molar refractivity (Wildman–Crippen MR) is 115 cm³/mol. The maximum absolute atomic E-state index is 13.1. The molecule has 2 amide bonds. The van der Waals surface area contributed by atoms with Crippen LogP contribution in [0.25, 0.3) is 0 Å². The Morgan fingerprint density at radius 1 is 1.17 bits per heavy atom. The molecule has 1 fully saturated rings. The second-order valence-electron chi connectivity index (χ2n) is 8.93. The van der Waals surface area contributed by atoms with Crippen molar-refractivity contribution in [1.82, 2.24) is 19.8 Å². The maximum atomic E-state index is 13.1. The van der Waals surface area contributed by atoms with E-state index in [0.717, 1.165) is 17.1 Å². The zero-order valence-electron chi connectivity index (χ0n) is 18.5. The van der Waals surface area contributed by atoms with E-state index in [0.29, 0.717) is 25.9 Å². The molecule has 1 aliphatic heterocycles. The van der Waals surface area contributed by atoms with Gasteiger partial charge in [0, 0.05) is 43.9 Å². The van der Waals surface area contributed by atoms with Crippen LogP contribution in [0.15, 0.2) is 36.7 Å². The number of likely N-dealkylation sites (tertiary alicyclic amines) is 1. The van der Waals surface area contributed by atoms with Crippen LogP contribution in [0.3, 0.4) is 0 Å². The van der Waals surface area contributed by atoms with Gasteiger partial charge in [-0.2, -0.15) is 0 Å². The van der Waals surface area contributed by atoms with Gasteiger partial charge in [0.05, 0.1) is 7.11 Å². The molecule has 3 rings (SSSR count). The first-order chi connectivity index (χ1) is 14.2. The quantitative estimate of drug-likeness (QED) is 0.819. The van der Waals surface area contributed by atoms with Crippen LogP contribution in [0.2, 0.25) is 0 Å². The molecule has 0 radical (unpaired) electrons. The number of carbonyl (C=O) groups is 2. The van der Waals surface area contributed by atoms with Crippen molar-refractivity contribution < 1.29 is 14.3 Å². The minimum atomic E-state index is -0.396. The number of hydrogen-bond donors (Lipinski definition) is 1. The lowest BCUT2D eigenvalue weighted by Gasteiger charge is -2.35. The summed E-state index contributed by atoms with van der Waals surface area (Å²) < 4.78 is 7.17. The number of methoxy groups -OCH3 is 1. The number of ether oxygens (including phenoxy) is 1. The van der Waals surface area contributed by atoms with Crippen LogP contribution in [0, 0.1) is 11.3 Å². The number of rotatable bonds is 5. The number of aryl methyl sites for hydroxylation is 1. The van der Waals surface area contributed by atoms with Gasteiger partial charge < -0.3 is 19.5 Å². The molecule has 2 aromatic rings. The molecule has 1 aliphatic rings. The fraction of sp³-hybridized carbons (Fsp3) is 0.522. The van der Waals surface area contributed by atoms with Gasteiger partial charge in [-0.05, 0) is 30.5 Å². The van der Waals surface area contributed by atoms with Gasteiger partial charge in [-0.15, -0.1) is 0 Å². The molecule has 1 saturated heterocycles. The topological polar surface area (TPSA) is 76.5 Å². The third-order valence-corrected chi connectivity index (χ3v) is 5.65. The summed E-state index contributed by atoms with van der Waals surface area (Å²) in [6.45, 7) is 7.02. The summed E-state index contributed by atoms with van der Waals surface area (Å²) in [6.07, 6.45) is 4.94. The number of nitrogens with zero attached hydrogens (tertiary/aromatic N) is 3. The maximum Gasteiger partial charge on any atom is 0.227 e. The number of aromatic nitrogens is 2. The Balaban J connectivity index is 1.71. The Labute approximate surface area is 178 Å². The number of nitrogens with one attached hydrogen (secondary N) is 1. The van der Waals surface area contributed by atoms with Crippen molar-refractivity contribution in [2.24, 2.45) is 18.4 Å². The van der Waals surface area contributed by atoms with Gasteiger partial charge in [0.25, 0.3) is 0 Å². The Hall–Kier alpha value is -2.83. The highest BCUT2D eigenvalue weighted by Crippen LogP contribution is 2.27. The summed E-state index contributed by atoms with van der Waals surface area (Å²) in [5.74, 6) is 1.57. The first kappa shape index (κ1) is 21.9. The highest BCUT2D eigenvalue weighted by molar-refractivity contribution is 5.83. The molecule has 2 heterocycles.